The lowest BCUT2D eigenvalue weighted by atomic mass is 9.99. The number of hydrazine groups is 1. The molecule has 0 fully saturated rings. The van der Waals surface area contributed by atoms with E-state index in [-0.39, 0.29) is 42.5 Å². The van der Waals surface area contributed by atoms with E-state index >= 15 is 0 Å². The zero-order valence-corrected chi connectivity index (χ0v) is 28.0. The quantitative estimate of drug-likeness (QED) is 0.125. The topological polar surface area (TPSA) is 122 Å². The van der Waals surface area contributed by atoms with Gasteiger partial charge in [-0.25, -0.2) is 5.01 Å². The molecule has 250 valence electrons. The van der Waals surface area contributed by atoms with Gasteiger partial charge >= 0.3 is 0 Å². The average Bonchev–Trinajstić information content (AvgIpc) is 3.05. The second-order valence-corrected chi connectivity index (χ2v) is 11.6. The number of benzene rings is 3. The van der Waals surface area contributed by atoms with Gasteiger partial charge in [0.25, 0.3) is 11.8 Å². The summed E-state index contributed by atoms with van der Waals surface area (Å²) in [6.07, 6.45) is 1.71. The van der Waals surface area contributed by atoms with Gasteiger partial charge in [-0.1, -0.05) is 69.2 Å². The van der Waals surface area contributed by atoms with E-state index in [4.69, 9.17) is 0 Å². The smallest absolute Gasteiger partial charge is 0.253 e. The van der Waals surface area contributed by atoms with Crippen LogP contribution in [-0.4, -0.2) is 76.2 Å². The zero-order valence-electron chi connectivity index (χ0n) is 28.0. The third kappa shape index (κ3) is 11.9. The summed E-state index contributed by atoms with van der Waals surface area (Å²) in [5, 5.41) is 26.0. The fourth-order valence-electron chi connectivity index (χ4n) is 5.37. The number of aliphatic hydroxyl groups excluding tert-OH is 1. The molecule has 3 aromatic carbocycles. The highest BCUT2D eigenvalue weighted by Crippen LogP contribution is 2.17. The van der Waals surface area contributed by atoms with Crippen molar-refractivity contribution in [1.82, 2.24) is 20.7 Å². The number of carbonyl (C=O) groups is 3. The Morgan fingerprint density at radius 1 is 0.830 bits per heavy atom. The molecule has 2 atom stereocenters. The van der Waals surface area contributed by atoms with Crippen molar-refractivity contribution in [3.05, 3.63) is 101 Å². The van der Waals surface area contributed by atoms with E-state index < -0.39 is 18.1 Å². The van der Waals surface area contributed by atoms with Crippen molar-refractivity contribution >= 4 is 17.7 Å². The summed E-state index contributed by atoms with van der Waals surface area (Å²) in [6.45, 7) is 9.47. The minimum absolute atomic E-state index is 0.0610. The first-order valence-electron chi connectivity index (χ1n) is 16.4. The molecule has 0 heterocycles. The molecule has 3 rings (SSSR count). The van der Waals surface area contributed by atoms with Crippen LogP contribution in [0.4, 0.5) is 0 Å². The summed E-state index contributed by atoms with van der Waals surface area (Å²) in [5.74, 6) is 5.10. The van der Waals surface area contributed by atoms with Gasteiger partial charge in [0.05, 0.1) is 18.6 Å². The predicted octanol–water partition coefficient (Wildman–Crippen LogP) is 4.71. The standard InChI is InChI=1S/C38H48N4O5/c1-5-12-30-22-31(26-32(23-30)38(47)41(19-6-2)20-7-3)37(46)39-34(24-29-15-17-33(43)18-16-29)35(44)27-42(21-8-4)40-36(45)25-28-13-10-9-11-14-28/h9-11,13-18,22-23,26,34-35,43-44H,6-8,19-21,24-25,27H2,1-4H3,(H,39,46)(H,40,45). The first-order chi connectivity index (χ1) is 22.7. The van der Waals surface area contributed by atoms with Crippen LogP contribution < -0.4 is 10.7 Å². The number of phenols is 1. The van der Waals surface area contributed by atoms with Crippen LogP contribution in [0.15, 0.2) is 72.8 Å². The number of aliphatic hydroxyl groups is 1. The van der Waals surface area contributed by atoms with Crippen LogP contribution in [-0.2, 0) is 17.6 Å². The Morgan fingerprint density at radius 2 is 1.47 bits per heavy atom. The molecule has 0 aliphatic rings. The van der Waals surface area contributed by atoms with Crippen molar-refractivity contribution in [3.63, 3.8) is 0 Å². The second-order valence-electron chi connectivity index (χ2n) is 11.6. The number of nitrogens with one attached hydrogen (secondary N) is 2. The van der Waals surface area contributed by atoms with Crippen molar-refractivity contribution < 1.29 is 24.6 Å². The third-order valence-electron chi connectivity index (χ3n) is 7.55. The number of carbonyl (C=O) groups excluding carboxylic acids is 3. The van der Waals surface area contributed by atoms with Crippen molar-refractivity contribution in [2.24, 2.45) is 0 Å². The molecule has 3 aromatic rings. The van der Waals surface area contributed by atoms with Crippen LogP contribution in [0.3, 0.4) is 0 Å². The lowest BCUT2D eigenvalue weighted by molar-refractivity contribution is -0.126. The van der Waals surface area contributed by atoms with E-state index in [0.29, 0.717) is 30.8 Å². The lowest BCUT2D eigenvalue weighted by Crippen LogP contribution is -2.53. The van der Waals surface area contributed by atoms with Gasteiger partial charge in [0, 0.05) is 42.9 Å². The van der Waals surface area contributed by atoms with E-state index in [1.54, 1.807) is 59.3 Å². The zero-order chi connectivity index (χ0) is 34.2. The van der Waals surface area contributed by atoms with Gasteiger partial charge in [-0.15, -0.1) is 5.92 Å². The van der Waals surface area contributed by atoms with Gasteiger partial charge in [-0.3, -0.25) is 19.8 Å². The molecule has 0 aliphatic carbocycles. The summed E-state index contributed by atoms with van der Waals surface area (Å²) < 4.78 is 0. The van der Waals surface area contributed by atoms with Crippen molar-refractivity contribution in [2.45, 2.75) is 71.9 Å². The largest absolute Gasteiger partial charge is 0.508 e. The molecule has 3 amide bonds. The SMILES string of the molecule is CC#Cc1cc(C(=O)NC(Cc2ccc(O)cc2)C(O)CN(CCC)NC(=O)Cc2ccccc2)cc(C(=O)N(CCC)CCC)c1. The fourth-order valence-corrected chi connectivity index (χ4v) is 5.37. The molecular formula is C38H48N4O5. The van der Waals surface area contributed by atoms with Gasteiger partial charge in [0.15, 0.2) is 0 Å². The van der Waals surface area contributed by atoms with E-state index in [1.165, 1.54) is 0 Å². The number of nitrogens with zero attached hydrogens (tertiary/aromatic N) is 2. The third-order valence-corrected chi connectivity index (χ3v) is 7.55. The monoisotopic (exact) mass is 640 g/mol. The van der Waals surface area contributed by atoms with Crippen LogP contribution in [0.25, 0.3) is 0 Å². The fraction of sp³-hybridized carbons (Fsp3) is 0.395. The highest BCUT2D eigenvalue weighted by Gasteiger charge is 2.26. The number of hydrogen-bond donors (Lipinski definition) is 4. The number of amides is 3. The van der Waals surface area contributed by atoms with Gasteiger partial charge in [-0.2, -0.15) is 0 Å². The first kappa shape index (κ1) is 36.8. The Labute approximate surface area is 279 Å². The summed E-state index contributed by atoms with van der Waals surface area (Å²) in [7, 11) is 0. The van der Waals surface area contributed by atoms with Gasteiger partial charge < -0.3 is 20.4 Å². The summed E-state index contributed by atoms with van der Waals surface area (Å²) in [5.41, 5.74) is 5.75. The molecule has 9 nitrogen and oxygen atoms in total. The van der Waals surface area contributed by atoms with E-state index in [2.05, 4.69) is 22.6 Å². The lowest BCUT2D eigenvalue weighted by Gasteiger charge is -2.30. The Hall–Kier alpha value is -4.65. The van der Waals surface area contributed by atoms with Gasteiger partial charge in [-0.05, 0) is 74.1 Å². The first-order valence-corrected chi connectivity index (χ1v) is 16.4. The molecular weight excluding hydrogens is 592 g/mol. The van der Waals surface area contributed by atoms with Crippen LogP contribution in [0.2, 0.25) is 0 Å². The maximum atomic E-state index is 13.8. The number of rotatable bonds is 17. The van der Waals surface area contributed by atoms with Crippen LogP contribution in [0.5, 0.6) is 5.75 Å². The van der Waals surface area contributed by atoms with Crippen LogP contribution >= 0.6 is 0 Å². The predicted molar refractivity (Wildman–Crippen MR) is 185 cm³/mol. The van der Waals surface area contributed by atoms with Gasteiger partial charge in [0.2, 0.25) is 5.91 Å². The summed E-state index contributed by atoms with van der Waals surface area (Å²) in [6, 6.07) is 20.1. The average molecular weight is 641 g/mol. The van der Waals surface area contributed by atoms with Crippen molar-refractivity contribution in [3.8, 4) is 17.6 Å². The Balaban J connectivity index is 1.87. The normalized spacial score (nSPS) is 12.0. The van der Waals surface area contributed by atoms with Crippen molar-refractivity contribution in [2.75, 3.05) is 26.2 Å². The molecule has 0 bridgehead atoms. The van der Waals surface area contributed by atoms with E-state index in [0.717, 1.165) is 30.4 Å². The van der Waals surface area contributed by atoms with Crippen LogP contribution in [0, 0.1) is 11.8 Å². The number of phenolic OH excluding ortho intramolecular Hbond substituents is 1. The molecule has 0 spiro atoms. The van der Waals surface area contributed by atoms with Crippen LogP contribution in [0.1, 0.15) is 84.4 Å². The molecule has 0 saturated carbocycles. The Morgan fingerprint density at radius 3 is 2.09 bits per heavy atom. The molecule has 2 unspecified atom stereocenters. The Kier molecular flexibility index (Phi) is 15.0. The number of aromatic hydroxyl groups is 1. The molecule has 0 radical (unpaired) electrons. The summed E-state index contributed by atoms with van der Waals surface area (Å²) >= 11 is 0. The molecule has 9 heteroatoms. The maximum Gasteiger partial charge on any atom is 0.253 e. The molecule has 0 aromatic heterocycles. The number of hydrogen-bond acceptors (Lipinski definition) is 6. The minimum atomic E-state index is -1.08. The second kappa shape index (κ2) is 19.1. The van der Waals surface area contributed by atoms with E-state index in [9.17, 15) is 24.6 Å². The summed E-state index contributed by atoms with van der Waals surface area (Å²) in [4.78, 5) is 42.0. The minimum Gasteiger partial charge on any atom is -0.508 e. The van der Waals surface area contributed by atoms with Gasteiger partial charge in [0.1, 0.15) is 5.75 Å². The molecule has 0 saturated heterocycles. The highest BCUT2D eigenvalue weighted by molar-refractivity contribution is 6.00. The molecule has 4 N–H and O–H groups in total. The maximum absolute atomic E-state index is 13.8. The van der Waals surface area contributed by atoms with Crippen molar-refractivity contribution in [1.29, 1.82) is 0 Å². The van der Waals surface area contributed by atoms with E-state index in [1.807, 2.05) is 51.1 Å². The Bertz CT molecular complexity index is 1510. The highest BCUT2D eigenvalue weighted by atomic mass is 16.3. The molecule has 0 aliphatic heterocycles. The molecule has 47 heavy (non-hydrogen) atoms.